The van der Waals surface area contributed by atoms with Gasteiger partial charge < -0.3 is 9.32 Å². The predicted octanol–water partition coefficient (Wildman–Crippen LogP) is 4.31. The van der Waals surface area contributed by atoms with Crippen LogP contribution in [0, 0.1) is 5.92 Å². The van der Waals surface area contributed by atoms with Gasteiger partial charge in [0.25, 0.3) is 5.91 Å². The minimum Gasteiger partial charge on any atom is -0.459 e. The van der Waals surface area contributed by atoms with E-state index in [0.29, 0.717) is 18.2 Å². The molecule has 0 aliphatic carbocycles. The van der Waals surface area contributed by atoms with Crippen LogP contribution in [0.25, 0.3) is 0 Å². The van der Waals surface area contributed by atoms with Crippen molar-refractivity contribution >= 4 is 11.6 Å². The SMILES string of the molecule is CC(C)Cn1ccc(C2CCN(C(=O)c3ccco3)c3ccccc32)n1. The highest BCUT2D eigenvalue weighted by atomic mass is 16.3. The lowest BCUT2D eigenvalue weighted by molar-refractivity contribution is 0.0958. The van der Waals surface area contributed by atoms with E-state index in [1.54, 1.807) is 12.1 Å². The average Bonchev–Trinajstić information content (AvgIpc) is 3.32. The summed E-state index contributed by atoms with van der Waals surface area (Å²) in [5.74, 6) is 1.05. The topological polar surface area (TPSA) is 51.3 Å². The number of anilines is 1. The highest BCUT2D eigenvalue weighted by molar-refractivity contribution is 6.05. The molecule has 3 heterocycles. The summed E-state index contributed by atoms with van der Waals surface area (Å²) in [5.41, 5.74) is 3.17. The van der Waals surface area contributed by atoms with Gasteiger partial charge in [0, 0.05) is 30.9 Å². The number of carbonyl (C=O) groups excluding carboxylic acids is 1. The van der Waals surface area contributed by atoms with Gasteiger partial charge in [0.15, 0.2) is 5.76 Å². The molecule has 4 rings (SSSR count). The summed E-state index contributed by atoms with van der Waals surface area (Å²) in [6.07, 6.45) is 4.44. The molecular formula is C21H23N3O2. The van der Waals surface area contributed by atoms with Crippen molar-refractivity contribution in [2.75, 3.05) is 11.4 Å². The van der Waals surface area contributed by atoms with Crippen LogP contribution in [-0.2, 0) is 6.54 Å². The smallest absolute Gasteiger partial charge is 0.293 e. The summed E-state index contributed by atoms with van der Waals surface area (Å²) in [4.78, 5) is 14.6. The van der Waals surface area contributed by atoms with Crippen LogP contribution in [0.3, 0.4) is 0 Å². The van der Waals surface area contributed by atoms with Crippen LogP contribution >= 0.6 is 0 Å². The zero-order valence-corrected chi connectivity index (χ0v) is 15.1. The minimum atomic E-state index is -0.0914. The maximum Gasteiger partial charge on any atom is 0.293 e. The van der Waals surface area contributed by atoms with Gasteiger partial charge in [-0.15, -0.1) is 0 Å². The average molecular weight is 349 g/mol. The zero-order chi connectivity index (χ0) is 18.1. The number of para-hydroxylation sites is 1. The Labute approximate surface area is 153 Å². The molecular weight excluding hydrogens is 326 g/mol. The lowest BCUT2D eigenvalue weighted by atomic mass is 9.87. The number of fused-ring (bicyclic) bond motifs is 1. The fourth-order valence-electron chi connectivity index (χ4n) is 3.65. The summed E-state index contributed by atoms with van der Waals surface area (Å²) >= 11 is 0. The van der Waals surface area contributed by atoms with Crippen molar-refractivity contribution in [3.8, 4) is 0 Å². The molecule has 26 heavy (non-hydrogen) atoms. The molecule has 0 saturated carbocycles. The number of rotatable bonds is 4. The van der Waals surface area contributed by atoms with Crippen LogP contribution in [0.2, 0.25) is 0 Å². The Morgan fingerprint density at radius 1 is 1.23 bits per heavy atom. The highest BCUT2D eigenvalue weighted by Gasteiger charge is 2.31. The van der Waals surface area contributed by atoms with Crippen molar-refractivity contribution in [2.45, 2.75) is 32.7 Å². The lowest BCUT2D eigenvalue weighted by Crippen LogP contribution is -2.36. The first-order chi connectivity index (χ1) is 12.6. The molecule has 0 fully saturated rings. The maximum absolute atomic E-state index is 12.8. The molecule has 5 heteroatoms. The van der Waals surface area contributed by atoms with Crippen LogP contribution in [0.4, 0.5) is 5.69 Å². The molecule has 1 aromatic carbocycles. The second-order valence-corrected chi connectivity index (χ2v) is 7.19. The number of aromatic nitrogens is 2. The van der Waals surface area contributed by atoms with Gasteiger partial charge in [0.2, 0.25) is 0 Å². The Balaban J connectivity index is 1.66. The van der Waals surface area contributed by atoms with E-state index in [1.807, 2.05) is 27.8 Å². The fraction of sp³-hybridized carbons (Fsp3) is 0.333. The number of hydrogen-bond acceptors (Lipinski definition) is 3. The van der Waals surface area contributed by atoms with Gasteiger partial charge in [0.1, 0.15) is 0 Å². The van der Waals surface area contributed by atoms with E-state index in [0.717, 1.165) is 29.9 Å². The van der Waals surface area contributed by atoms with Crippen molar-refractivity contribution in [3.05, 3.63) is 71.9 Å². The monoisotopic (exact) mass is 349 g/mol. The number of benzene rings is 1. The molecule has 1 aliphatic heterocycles. The quantitative estimate of drug-likeness (QED) is 0.705. The van der Waals surface area contributed by atoms with Gasteiger partial charge in [0.05, 0.1) is 12.0 Å². The molecule has 5 nitrogen and oxygen atoms in total. The summed E-state index contributed by atoms with van der Waals surface area (Å²) in [7, 11) is 0. The maximum atomic E-state index is 12.8. The van der Waals surface area contributed by atoms with E-state index in [1.165, 1.54) is 6.26 Å². The van der Waals surface area contributed by atoms with E-state index < -0.39 is 0 Å². The number of furan rings is 1. The molecule has 2 aromatic heterocycles. The van der Waals surface area contributed by atoms with E-state index in [4.69, 9.17) is 9.52 Å². The van der Waals surface area contributed by atoms with Gasteiger partial charge in [-0.2, -0.15) is 5.10 Å². The molecule has 1 aliphatic rings. The molecule has 3 aromatic rings. The van der Waals surface area contributed by atoms with Crippen LogP contribution in [-0.4, -0.2) is 22.2 Å². The Kier molecular flexibility index (Phi) is 4.37. The Morgan fingerprint density at radius 2 is 2.08 bits per heavy atom. The van der Waals surface area contributed by atoms with E-state index >= 15 is 0 Å². The van der Waals surface area contributed by atoms with Crippen LogP contribution in [0.5, 0.6) is 0 Å². The Morgan fingerprint density at radius 3 is 2.85 bits per heavy atom. The molecule has 1 amide bonds. The van der Waals surface area contributed by atoms with Crippen LogP contribution in [0.1, 0.15) is 48.0 Å². The molecule has 0 spiro atoms. The number of hydrogen-bond donors (Lipinski definition) is 0. The van der Waals surface area contributed by atoms with Crippen molar-refractivity contribution in [1.29, 1.82) is 0 Å². The van der Waals surface area contributed by atoms with Gasteiger partial charge in [-0.25, -0.2) is 0 Å². The second kappa shape index (κ2) is 6.83. The van der Waals surface area contributed by atoms with Crippen molar-refractivity contribution in [2.24, 2.45) is 5.92 Å². The molecule has 0 radical (unpaired) electrons. The summed E-state index contributed by atoms with van der Waals surface area (Å²) < 4.78 is 7.33. The third-order valence-electron chi connectivity index (χ3n) is 4.79. The lowest BCUT2D eigenvalue weighted by Gasteiger charge is -2.33. The third-order valence-corrected chi connectivity index (χ3v) is 4.79. The number of amides is 1. The Bertz CT molecular complexity index is 896. The molecule has 1 atom stereocenters. The summed E-state index contributed by atoms with van der Waals surface area (Å²) in [6.45, 7) is 5.94. The fourth-order valence-corrected chi connectivity index (χ4v) is 3.65. The normalized spacial score (nSPS) is 16.7. The first kappa shape index (κ1) is 16.6. The zero-order valence-electron chi connectivity index (χ0n) is 15.1. The van der Waals surface area contributed by atoms with Gasteiger partial charge in [-0.1, -0.05) is 32.0 Å². The molecule has 0 bridgehead atoms. The summed E-state index contributed by atoms with van der Waals surface area (Å²) in [5, 5.41) is 4.79. The molecule has 0 N–H and O–H groups in total. The minimum absolute atomic E-state index is 0.0914. The van der Waals surface area contributed by atoms with E-state index in [9.17, 15) is 4.79 Å². The standard InChI is InChI=1S/C21H23N3O2/c1-15(2)14-23-11-10-18(22-23)16-9-12-24(19-7-4-3-6-17(16)19)21(25)20-8-5-13-26-20/h3-8,10-11,13,15-16H,9,12,14H2,1-2H3. The number of carbonyl (C=O) groups is 1. The van der Waals surface area contributed by atoms with Crippen molar-refractivity contribution < 1.29 is 9.21 Å². The second-order valence-electron chi connectivity index (χ2n) is 7.19. The largest absolute Gasteiger partial charge is 0.459 e. The number of nitrogens with zero attached hydrogens (tertiary/aromatic N) is 3. The molecule has 1 unspecified atom stereocenters. The van der Waals surface area contributed by atoms with Gasteiger partial charge in [-0.05, 0) is 42.2 Å². The van der Waals surface area contributed by atoms with E-state index in [2.05, 4.69) is 32.2 Å². The molecule has 0 saturated heterocycles. The molecule has 134 valence electrons. The Hall–Kier alpha value is -2.82. The van der Waals surface area contributed by atoms with Gasteiger partial charge >= 0.3 is 0 Å². The van der Waals surface area contributed by atoms with E-state index in [-0.39, 0.29) is 11.8 Å². The first-order valence-electron chi connectivity index (χ1n) is 9.11. The van der Waals surface area contributed by atoms with Crippen molar-refractivity contribution in [3.63, 3.8) is 0 Å². The predicted molar refractivity (Wildman–Crippen MR) is 100 cm³/mol. The first-order valence-corrected chi connectivity index (χ1v) is 9.11. The third kappa shape index (κ3) is 3.05. The van der Waals surface area contributed by atoms with Crippen molar-refractivity contribution in [1.82, 2.24) is 9.78 Å². The van der Waals surface area contributed by atoms with Gasteiger partial charge in [-0.3, -0.25) is 9.48 Å². The van der Waals surface area contributed by atoms with Crippen LogP contribution in [0.15, 0.2) is 59.3 Å². The summed E-state index contributed by atoms with van der Waals surface area (Å²) in [6, 6.07) is 13.7. The van der Waals surface area contributed by atoms with Crippen LogP contribution < -0.4 is 4.90 Å². The highest BCUT2D eigenvalue weighted by Crippen LogP contribution is 2.39.